The molecule has 1 unspecified atom stereocenters. The number of anilines is 2. The molecule has 1 saturated heterocycles. The van der Waals surface area contributed by atoms with E-state index in [1.54, 1.807) is 43.7 Å². The van der Waals surface area contributed by atoms with Gasteiger partial charge in [-0.05, 0) is 18.2 Å². The first-order chi connectivity index (χ1) is 18.4. The highest BCUT2D eigenvalue weighted by atomic mass is 16.5. The van der Waals surface area contributed by atoms with Crippen molar-refractivity contribution in [1.82, 2.24) is 34.8 Å². The Bertz CT molecular complexity index is 1450. The quantitative estimate of drug-likeness (QED) is 0.242. The molecule has 5 rings (SSSR count). The summed E-state index contributed by atoms with van der Waals surface area (Å²) in [5.74, 6) is 0.114. The van der Waals surface area contributed by atoms with Crippen molar-refractivity contribution in [3.8, 4) is 28.7 Å². The zero-order valence-corrected chi connectivity index (χ0v) is 20.6. The van der Waals surface area contributed by atoms with Gasteiger partial charge in [-0.25, -0.2) is 15.0 Å². The molecule has 0 radical (unpaired) electrons. The van der Waals surface area contributed by atoms with Crippen LogP contribution in [0.4, 0.5) is 11.6 Å². The van der Waals surface area contributed by atoms with Crippen molar-refractivity contribution < 1.29 is 29.4 Å². The van der Waals surface area contributed by atoms with Crippen molar-refractivity contribution in [2.75, 3.05) is 39.2 Å². The first-order valence-electron chi connectivity index (χ1n) is 11.7. The van der Waals surface area contributed by atoms with Gasteiger partial charge in [-0.3, -0.25) is 9.48 Å². The monoisotopic (exact) mass is 522 g/mol. The minimum atomic E-state index is -1.74. The first kappa shape index (κ1) is 25.3. The molecule has 1 aliphatic rings. The summed E-state index contributed by atoms with van der Waals surface area (Å²) < 4.78 is 12.0. The molecule has 1 fully saturated rings. The Morgan fingerprint density at radius 3 is 2.58 bits per heavy atom. The summed E-state index contributed by atoms with van der Waals surface area (Å²) in [5.41, 5.74) is 0.567. The predicted octanol–water partition coefficient (Wildman–Crippen LogP) is 0.718. The van der Waals surface area contributed by atoms with E-state index in [9.17, 15) is 20.1 Å². The average molecular weight is 523 g/mol. The number of hydrogen-bond acceptors (Lipinski definition) is 12. The lowest BCUT2D eigenvalue weighted by molar-refractivity contribution is -0.144. The standard InChI is InChI=1S/C24H26N8O6/c1-31-9-7-24(36,22(31)35)20-10-18(30-38-20)16-5-3-4-15(26-16)17-6-8-25-23(27-17)28-19-11-32(14(12-33)13-34)29-21(19)37-2/h3-6,8,10-11,14,33-34,36H,7,9,12-13H2,1-2H3,(H,25,27,28). The number of carbonyl (C=O) groups is 1. The largest absolute Gasteiger partial charge is 0.478 e. The number of likely N-dealkylation sites (N-methyl/N-ethyl adjacent to an activating group) is 1. The number of nitrogens with one attached hydrogen (secondary N) is 1. The Morgan fingerprint density at radius 1 is 1.16 bits per heavy atom. The Morgan fingerprint density at radius 2 is 1.89 bits per heavy atom. The zero-order chi connectivity index (χ0) is 26.9. The second-order valence-electron chi connectivity index (χ2n) is 8.76. The van der Waals surface area contributed by atoms with Gasteiger partial charge in [0.05, 0.1) is 49.6 Å². The Balaban J connectivity index is 1.39. The summed E-state index contributed by atoms with van der Waals surface area (Å²) in [6.07, 6.45) is 3.35. The van der Waals surface area contributed by atoms with Gasteiger partial charge >= 0.3 is 0 Å². The van der Waals surface area contributed by atoms with Crippen LogP contribution >= 0.6 is 0 Å². The fourth-order valence-electron chi connectivity index (χ4n) is 4.10. The fraction of sp³-hybridized carbons (Fsp3) is 0.333. The van der Waals surface area contributed by atoms with Crippen LogP contribution in [-0.4, -0.2) is 89.9 Å². The number of likely N-dealkylation sites (tertiary alicyclic amines) is 1. The summed E-state index contributed by atoms with van der Waals surface area (Å²) in [5, 5.41) is 41.0. The molecule has 38 heavy (non-hydrogen) atoms. The Kier molecular flexibility index (Phi) is 6.75. The van der Waals surface area contributed by atoms with Gasteiger partial charge in [-0.2, -0.15) is 0 Å². The summed E-state index contributed by atoms with van der Waals surface area (Å²) in [4.78, 5) is 27.2. The number of hydrogen-bond donors (Lipinski definition) is 4. The number of methoxy groups -OCH3 is 1. The molecule has 0 saturated carbocycles. The molecule has 198 valence electrons. The van der Waals surface area contributed by atoms with Crippen molar-refractivity contribution in [3.63, 3.8) is 0 Å². The third-order valence-corrected chi connectivity index (χ3v) is 6.29. The summed E-state index contributed by atoms with van der Waals surface area (Å²) >= 11 is 0. The van der Waals surface area contributed by atoms with Crippen LogP contribution in [0.5, 0.6) is 5.88 Å². The lowest BCUT2D eigenvalue weighted by Gasteiger charge is -2.16. The molecular formula is C24H26N8O6. The third kappa shape index (κ3) is 4.55. The molecule has 4 aromatic heterocycles. The minimum Gasteiger partial charge on any atom is -0.478 e. The molecule has 0 aromatic carbocycles. The molecule has 5 heterocycles. The molecular weight excluding hydrogens is 496 g/mol. The molecule has 14 nitrogen and oxygen atoms in total. The van der Waals surface area contributed by atoms with Crippen LogP contribution in [0.25, 0.3) is 22.8 Å². The van der Waals surface area contributed by atoms with Gasteiger partial charge in [0.1, 0.15) is 11.4 Å². The highest BCUT2D eigenvalue weighted by Gasteiger charge is 2.48. The second kappa shape index (κ2) is 10.2. The fourth-order valence-corrected chi connectivity index (χ4v) is 4.10. The van der Waals surface area contributed by atoms with E-state index in [4.69, 9.17) is 9.26 Å². The van der Waals surface area contributed by atoms with Crippen LogP contribution in [0.1, 0.15) is 18.2 Å². The van der Waals surface area contributed by atoms with E-state index in [1.165, 1.54) is 22.8 Å². The van der Waals surface area contributed by atoms with Crippen molar-refractivity contribution in [2.45, 2.75) is 18.1 Å². The average Bonchev–Trinajstić information content (AvgIpc) is 3.66. The van der Waals surface area contributed by atoms with Crippen molar-refractivity contribution >= 4 is 17.5 Å². The molecule has 4 N–H and O–H groups in total. The number of rotatable bonds is 9. The van der Waals surface area contributed by atoms with Crippen molar-refractivity contribution in [2.24, 2.45) is 0 Å². The molecule has 0 aliphatic carbocycles. The molecule has 4 aromatic rings. The molecule has 14 heteroatoms. The van der Waals surface area contributed by atoms with Crippen LogP contribution < -0.4 is 10.1 Å². The molecule has 1 amide bonds. The highest BCUT2D eigenvalue weighted by molar-refractivity contribution is 5.87. The van der Waals surface area contributed by atoms with Gasteiger partial charge in [0.25, 0.3) is 11.8 Å². The van der Waals surface area contributed by atoms with Crippen LogP contribution in [-0.2, 0) is 10.4 Å². The van der Waals surface area contributed by atoms with Crippen LogP contribution in [0.15, 0.2) is 47.2 Å². The number of carbonyl (C=O) groups excluding carboxylic acids is 1. The Labute approximate surface area is 216 Å². The smallest absolute Gasteiger partial charge is 0.262 e. The van der Waals surface area contributed by atoms with Crippen molar-refractivity contribution in [1.29, 1.82) is 0 Å². The normalized spacial score (nSPS) is 17.4. The van der Waals surface area contributed by atoms with Gasteiger partial charge < -0.3 is 34.8 Å². The molecule has 0 spiro atoms. The number of aliphatic hydroxyl groups excluding tert-OH is 2. The maximum Gasteiger partial charge on any atom is 0.262 e. The van der Waals surface area contributed by atoms with E-state index in [2.05, 4.69) is 30.5 Å². The van der Waals surface area contributed by atoms with Gasteiger partial charge in [-0.1, -0.05) is 11.2 Å². The van der Waals surface area contributed by atoms with E-state index in [0.717, 1.165) is 0 Å². The number of pyridine rings is 1. The molecule has 1 atom stereocenters. The molecule has 1 aliphatic heterocycles. The number of aromatic nitrogens is 6. The lowest BCUT2D eigenvalue weighted by Crippen LogP contribution is -2.35. The topological polar surface area (TPSA) is 185 Å². The second-order valence-corrected chi connectivity index (χ2v) is 8.76. The summed E-state index contributed by atoms with van der Waals surface area (Å²) in [6.45, 7) is -0.178. The molecule has 0 bridgehead atoms. The van der Waals surface area contributed by atoms with E-state index in [0.29, 0.717) is 35.0 Å². The van der Waals surface area contributed by atoms with Gasteiger partial charge in [-0.15, -0.1) is 5.10 Å². The van der Waals surface area contributed by atoms with Crippen molar-refractivity contribution in [3.05, 3.63) is 48.5 Å². The van der Waals surface area contributed by atoms with E-state index < -0.39 is 17.6 Å². The number of nitrogens with zero attached hydrogens (tertiary/aromatic N) is 7. The number of ether oxygens (including phenoxy) is 1. The zero-order valence-electron chi connectivity index (χ0n) is 20.6. The highest BCUT2D eigenvalue weighted by Crippen LogP contribution is 2.34. The maximum absolute atomic E-state index is 12.4. The van der Waals surface area contributed by atoms with Gasteiger partial charge in [0, 0.05) is 32.3 Å². The van der Waals surface area contributed by atoms with Crippen LogP contribution in [0.2, 0.25) is 0 Å². The van der Waals surface area contributed by atoms with Crippen LogP contribution in [0.3, 0.4) is 0 Å². The maximum atomic E-state index is 12.4. The van der Waals surface area contributed by atoms with E-state index in [-0.39, 0.29) is 37.2 Å². The SMILES string of the molecule is COc1nn(C(CO)CO)cc1Nc1nccc(-c2cccc(-c3cc(C4(O)CCN(C)C4=O)on3)n2)n1. The van der Waals surface area contributed by atoms with Crippen LogP contribution in [0, 0.1) is 0 Å². The third-order valence-electron chi connectivity index (χ3n) is 6.29. The summed E-state index contributed by atoms with van der Waals surface area (Å²) in [6, 6.07) is 7.87. The Hall–Kier alpha value is -4.40. The predicted molar refractivity (Wildman–Crippen MR) is 132 cm³/mol. The lowest BCUT2D eigenvalue weighted by atomic mass is 9.98. The number of amides is 1. The first-order valence-corrected chi connectivity index (χ1v) is 11.7. The van der Waals surface area contributed by atoms with Gasteiger partial charge in [0.15, 0.2) is 5.76 Å². The van der Waals surface area contributed by atoms with E-state index >= 15 is 0 Å². The summed E-state index contributed by atoms with van der Waals surface area (Å²) in [7, 11) is 3.07. The van der Waals surface area contributed by atoms with E-state index in [1.807, 2.05) is 0 Å². The van der Waals surface area contributed by atoms with Gasteiger partial charge in [0.2, 0.25) is 11.5 Å². The number of aliphatic hydroxyl groups is 3. The minimum absolute atomic E-state index is 0.0710.